The van der Waals surface area contributed by atoms with Crippen LogP contribution in [0.15, 0.2) is 24.3 Å². The zero-order chi connectivity index (χ0) is 19.9. The first kappa shape index (κ1) is 21.0. The van der Waals surface area contributed by atoms with Gasteiger partial charge in [-0.3, -0.25) is 9.69 Å². The third kappa shape index (κ3) is 7.46. The van der Waals surface area contributed by atoms with E-state index < -0.39 is 5.60 Å². The van der Waals surface area contributed by atoms with Crippen molar-refractivity contribution in [3.8, 4) is 5.75 Å². The van der Waals surface area contributed by atoms with E-state index in [4.69, 9.17) is 9.47 Å². The van der Waals surface area contributed by atoms with Crippen LogP contribution in [0.5, 0.6) is 5.75 Å². The van der Waals surface area contributed by atoms with Gasteiger partial charge >= 0.3 is 6.09 Å². The number of nitrogens with one attached hydrogen (secondary N) is 1. The lowest BCUT2D eigenvalue weighted by atomic mass is 10.1. The molecule has 1 fully saturated rings. The molecule has 1 aliphatic rings. The van der Waals surface area contributed by atoms with Crippen LogP contribution in [0.3, 0.4) is 0 Å². The SMILES string of the molecule is COc1cccc(CC(=O)NCCN2CCN(C(=O)OC(C)(C)C)CC2)c1. The van der Waals surface area contributed by atoms with E-state index in [-0.39, 0.29) is 12.0 Å². The maximum Gasteiger partial charge on any atom is 0.410 e. The molecule has 0 bridgehead atoms. The molecule has 0 unspecified atom stereocenters. The lowest BCUT2D eigenvalue weighted by molar-refractivity contribution is -0.120. The normalized spacial score (nSPS) is 15.3. The molecular formula is C20H31N3O4. The third-order valence-electron chi connectivity index (χ3n) is 4.27. The molecule has 1 N–H and O–H groups in total. The van der Waals surface area contributed by atoms with E-state index in [0.717, 1.165) is 30.9 Å². The fourth-order valence-electron chi connectivity index (χ4n) is 2.86. The van der Waals surface area contributed by atoms with Crippen molar-refractivity contribution in [3.63, 3.8) is 0 Å². The van der Waals surface area contributed by atoms with Gasteiger partial charge in [0, 0.05) is 39.3 Å². The fourth-order valence-corrected chi connectivity index (χ4v) is 2.86. The topological polar surface area (TPSA) is 71.1 Å². The number of carbonyl (C=O) groups excluding carboxylic acids is 2. The predicted molar refractivity (Wildman–Crippen MR) is 104 cm³/mol. The Hall–Kier alpha value is -2.28. The van der Waals surface area contributed by atoms with Gasteiger partial charge in [-0.2, -0.15) is 0 Å². The van der Waals surface area contributed by atoms with Crippen LogP contribution in [0.25, 0.3) is 0 Å². The maximum absolute atomic E-state index is 12.1. The summed E-state index contributed by atoms with van der Waals surface area (Å²) in [5.74, 6) is 0.749. The summed E-state index contributed by atoms with van der Waals surface area (Å²) in [4.78, 5) is 28.1. The highest BCUT2D eigenvalue weighted by atomic mass is 16.6. The Morgan fingerprint density at radius 1 is 1.15 bits per heavy atom. The Morgan fingerprint density at radius 2 is 1.85 bits per heavy atom. The molecule has 7 heteroatoms. The van der Waals surface area contributed by atoms with E-state index in [1.807, 2.05) is 45.0 Å². The third-order valence-corrected chi connectivity index (χ3v) is 4.27. The second-order valence-electron chi connectivity index (χ2n) is 7.69. The summed E-state index contributed by atoms with van der Waals surface area (Å²) in [6, 6.07) is 7.53. The summed E-state index contributed by atoms with van der Waals surface area (Å²) in [5.41, 5.74) is 0.458. The number of hydrogen-bond donors (Lipinski definition) is 1. The summed E-state index contributed by atoms with van der Waals surface area (Å²) < 4.78 is 10.6. The van der Waals surface area contributed by atoms with Crippen LogP contribution in [0.4, 0.5) is 4.79 Å². The van der Waals surface area contributed by atoms with Crippen LogP contribution < -0.4 is 10.1 Å². The molecule has 1 aromatic rings. The number of amides is 2. The second kappa shape index (κ2) is 9.60. The summed E-state index contributed by atoms with van der Waals surface area (Å²) >= 11 is 0. The van der Waals surface area contributed by atoms with Crippen LogP contribution in [-0.2, 0) is 16.0 Å². The number of piperazine rings is 1. The summed E-state index contributed by atoms with van der Waals surface area (Å²) in [6.07, 6.45) is 0.0811. The van der Waals surface area contributed by atoms with Crippen LogP contribution in [-0.4, -0.2) is 73.8 Å². The quantitative estimate of drug-likeness (QED) is 0.820. The van der Waals surface area contributed by atoms with Crippen LogP contribution >= 0.6 is 0 Å². The number of carbonyl (C=O) groups is 2. The molecule has 1 heterocycles. The number of benzene rings is 1. The van der Waals surface area contributed by atoms with Crippen molar-refractivity contribution in [1.29, 1.82) is 0 Å². The second-order valence-corrected chi connectivity index (χ2v) is 7.69. The van der Waals surface area contributed by atoms with Crippen LogP contribution in [0.1, 0.15) is 26.3 Å². The van der Waals surface area contributed by atoms with Gasteiger partial charge in [0.2, 0.25) is 5.91 Å². The highest BCUT2D eigenvalue weighted by molar-refractivity contribution is 5.78. The highest BCUT2D eigenvalue weighted by Crippen LogP contribution is 2.13. The van der Waals surface area contributed by atoms with Gasteiger partial charge in [0.05, 0.1) is 13.5 Å². The zero-order valence-electron chi connectivity index (χ0n) is 16.8. The van der Waals surface area contributed by atoms with Gasteiger partial charge in [0.15, 0.2) is 0 Å². The van der Waals surface area contributed by atoms with Crippen molar-refractivity contribution >= 4 is 12.0 Å². The number of hydrogen-bond acceptors (Lipinski definition) is 5. The van der Waals surface area contributed by atoms with E-state index in [0.29, 0.717) is 26.1 Å². The van der Waals surface area contributed by atoms with Crippen LogP contribution in [0.2, 0.25) is 0 Å². The Balaban J connectivity index is 1.65. The van der Waals surface area contributed by atoms with Gasteiger partial charge in [0.25, 0.3) is 0 Å². The van der Waals surface area contributed by atoms with Gasteiger partial charge in [-0.05, 0) is 38.5 Å². The number of rotatable bonds is 6. The van der Waals surface area contributed by atoms with Crippen LogP contribution in [0, 0.1) is 0 Å². The Kier molecular flexibility index (Phi) is 7.47. The monoisotopic (exact) mass is 377 g/mol. The standard InChI is InChI=1S/C20H31N3O4/c1-20(2,3)27-19(25)23-12-10-22(11-13-23)9-8-21-18(24)15-16-6-5-7-17(14-16)26-4/h5-7,14H,8-13,15H2,1-4H3,(H,21,24). The predicted octanol–water partition coefficient (Wildman–Crippen LogP) is 1.91. The molecule has 0 atom stereocenters. The minimum absolute atomic E-state index is 0.00403. The molecule has 150 valence electrons. The van der Waals surface area contributed by atoms with E-state index in [2.05, 4.69) is 10.2 Å². The minimum Gasteiger partial charge on any atom is -0.497 e. The molecule has 1 saturated heterocycles. The first-order valence-corrected chi connectivity index (χ1v) is 9.37. The van der Waals surface area contributed by atoms with E-state index in [1.165, 1.54) is 0 Å². The Labute approximate surface area is 161 Å². The summed E-state index contributed by atoms with van der Waals surface area (Å²) in [7, 11) is 1.61. The zero-order valence-corrected chi connectivity index (χ0v) is 16.8. The molecule has 2 amide bonds. The molecule has 1 aliphatic heterocycles. The van der Waals surface area contributed by atoms with Crippen molar-refractivity contribution in [1.82, 2.24) is 15.1 Å². The van der Waals surface area contributed by atoms with Gasteiger partial charge in [-0.15, -0.1) is 0 Å². The smallest absolute Gasteiger partial charge is 0.410 e. The van der Waals surface area contributed by atoms with Gasteiger partial charge in [0.1, 0.15) is 11.4 Å². The fraction of sp³-hybridized carbons (Fsp3) is 0.600. The first-order chi connectivity index (χ1) is 12.8. The summed E-state index contributed by atoms with van der Waals surface area (Å²) in [6.45, 7) is 9.83. The molecule has 0 aromatic heterocycles. The molecule has 1 aromatic carbocycles. The average Bonchev–Trinajstić information content (AvgIpc) is 2.61. The lowest BCUT2D eigenvalue weighted by Crippen LogP contribution is -2.51. The van der Waals surface area contributed by atoms with Crippen molar-refractivity contribution in [2.24, 2.45) is 0 Å². The Bertz CT molecular complexity index is 634. The largest absolute Gasteiger partial charge is 0.497 e. The Morgan fingerprint density at radius 3 is 2.48 bits per heavy atom. The molecule has 7 nitrogen and oxygen atoms in total. The van der Waals surface area contributed by atoms with Crippen molar-refractivity contribution < 1.29 is 19.1 Å². The first-order valence-electron chi connectivity index (χ1n) is 9.37. The molecule has 0 radical (unpaired) electrons. The molecule has 0 spiro atoms. The minimum atomic E-state index is -0.471. The number of ether oxygens (including phenoxy) is 2. The van der Waals surface area contributed by atoms with Gasteiger partial charge in [-0.25, -0.2) is 4.79 Å². The van der Waals surface area contributed by atoms with Gasteiger partial charge < -0.3 is 19.7 Å². The molecule has 0 saturated carbocycles. The molecule has 2 rings (SSSR count). The van der Waals surface area contributed by atoms with Gasteiger partial charge in [-0.1, -0.05) is 12.1 Å². The summed E-state index contributed by atoms with van der Waals surface area (Å²) in [5, 5.41) is 2.95. The molecular weight excluding hydrogens is 346 g/mol. The van der Waals surface area contributed by atoms with E-state index in [1.54, 1.807) is 12.0 Å². The highest BCUT2D eigenvalue weighted by Gasteiger charge is 2.25. The molecule has 0 aliphatic carbocycles. The lowest BCUT2D eigenvalue weighted by Gasteiger charge is -2.35. The number of nitrogens with zero attached hydrogens (tertiary/aromatic N) is 2. The van der Waals surface area contributed by atoms with E-state index in [9.17, 15) is 9.59 Å². The average molecular weight is 377 g/mol. The van der Waals surface area contributed by atoms with E-state index >= 15 is 0 Å². The maximum atomic E-state index is 12.1. The molecule has 27 heavy (non-hydrogen) atoms. The number of methoxy groups -OCH3 is 1. The van der Waals surface area contributed by atoms with Crippen molar-refractivity contribution in [2.45, 2.75) is 32.8 Å². The van der Waals surface area contributed by atoms with Crippen molar-refractivity contribution in [3.05, 3.63) is 29.8 Å². The van der Waals surface area contributed by atoms with Crippen molar-refractivity contribution in [2.75, 3.05) is 46.4 Å².